The van der Waals surface area contributed by atoms with Gasteiger partial charge < -0.3 is 10.4 Å². The zero-order valence-electron chi connectivity index (χ0n) is 10.1. The van der Waals surface area contributed by atoms with Gasteiger partial charge in [-0.25, -0.2) is 4.79 Å². The van der Waals surface area contributed by atoms with E-state index >= 15 is 0 Å². The largest absolute Gasteiger partial charge is 0.478 e. The minimum Gasteiger partial charge on any atom is -0.478 e. The van der Waals surface area contributed by atoms with E-state index in [1.165, 1.54) is 11.3 Å². The molecule has 5 heteroatoms. The smallest absolute Gasteiger partial charge is 0.336 e. The summed E-state index contributed by atoms with van der Waals surface area (Å²) in [7, 11) is 0. The average Bonchev–Trinajstić information content (AvgIpc) is 2.89. The second-order valence-corrected chi connectivity index (χ2v) is 5.01. The standard InChI is InChI=1S/C14H12N2O2S/c15-6-10-1-3-11(4-2-10)7-16-8-13-5-12(9-19-13)14(17)18/h1-5,9,16H,7-8H2,(H,17,18). The van der Waals surface area contributed by atoms with Gasteiger partial charge in [-0.15, -0.1) is 11.3 Å². The molecule has 0 atom stereocenters. The summed E-state index contributed by atoms with van der Waals surface area (Å²) in [5.41, 5.74) is 2.07. The van der Waals surface area contributed by atoms with Gasteiger partial charge in [-0.1, -0.05) is 12.1 Å². The van der Waals surface area contributed by atoms with Gasteiger partial charge in [0.1, 0.15) is 0 Å². The molecule has 1 aromatic carbocycles. The molecule has 4 nitrogen and oxygen atoms in total. The van der Waals surface area contributed by atoms with E-state index in [2.05, 4.69) is 11.4 Å². The van der Waals surface area contributed by atoms with Crippen LogP contribution in [0.25, 0.3) is 0 Å². The molecule has 1 aromatic heterocycles. The third kappa shape index (κ3) is 3.65. The fourth-order valence-electron chi connectivity index (χ4n) is 1.61. The Balaban J connectivity index is 1.85. The molecule has 2 aromatic rings. The Labute approximate surface area is 114 Å². The topological polar surface area (TPSA) is 73.1 Å². The number of hydrogen-bond donors (Lipinski definition) is 2. The van der Waals surface area contributed by atoms with Crippen LogP contribution >= 0.6 is 11.3 Å². The summed E-state index contributed by atoms with van der Waals surface area (Å²) >= 11 is 1.43. The Bertz CT molecular complexity index is 611. The molecule has 0 spiro atoms. The van der Waals surface area contributed by atoms with Gasteiger partial charge in [0, 0.05) is 23.3 Å². The lowest BCUT2D eigenvalue weighted by molar-refractivity contribution is 0.0697. The number of benzene rings is 1. The van der Waals surface area contributed by atoms with Crippen molar-refractivity contribution in [1.29, 1.82) is 5.26 Å². The number of nitriles is 1. The van der Waals surface area contributed by atoms with Gasteiger partial charge in [0.25, 0.3) is 0 Å². The highest BCUT2D eigenvalue weighted by molar-refractivity contribution is 7.10. The van der Waals surface area contributed by atoms with Crippen LogP contribution in [0.5, 0.6) is 0 Å². The monoisotopic (exact) mass is 272 g/mol. The van der Waals surface area contributed by atoms with E-state index in [0.717, 1.165) is 10.4 Å². The van der Waals surface area contributed by atoms with Crippen molar-refractivity contribution < 1.29 is 9.90 Å². The maximum atomic E-state index is 10.7. The number of nitrogens with zero attached hydrogens (tertiary/aromatic N) is 1. The summed E-state index contributed by atoms with van der Waals surface area (Å²) in [5, 5.41) is 22.4. The van der Waals surface area contributed by atoms with E-state index in [1.807, 2.05) is 12.1 Å². The van der Waals surface area contributed by atoms with E-state index in [1.54, 1.807) is 23.6 Å². The first-order chi connectivity index (χ1) is 9.19. The first-order valence-electron chi connectivity index (χ1n) is 5.69. The van der Waals surface area contributed by atoms with Gasteiger partial charge in [0.15, 0.2) is 0 Å². The SMILES string of the molecule is N#Cc1ccc(CNCc2cc(C(=O)O)cs2)cc1. The zero-order valence-corrected chi connectivity index (χ0v) is 10.9. The van der Waals surface area contributed by atoms with Gasteiger partial charge in [0.05, 0.1) is 17.2 Å². The van der Waals surface area contributed by atoms with Crippen LogP contribution in [0, 0.1) is 11.3 Å². The molecule has 0 aliphatic heterocycles. The molecule has 0 aliphatic rings. The average molecular weight is 272 g/mol. The summed E-state index contributed by atoms with van der Waals surface area (Å²) in [4.78, 5) is 11.7. The number of nitrogens with one attached hydrogen (secondary N) is 1. The fraction of sp³-hybridized carbons (Fsp3) is 0.143. The van der Waals surface area contributed by atoms with Crippen LogP contribution in [0.4, 0.5) is 0 Å². The number of hydrogen-bond acceptors (Lipinski definition) is 4. The minimum absolute atomic E-state index is 0.333. The molecule has 0 amide bonds. The summed E-state index contributed by atoms with van der Waals surface area (Å²) in [6, 6.07) is 11.1. The van der Waals surface area contributed by atoms with E-state index in [0.29, 0.717) is 24.2 Å². The van der Waals surface area contributed by atoms with Crippen molar-refractivity contribution in [1.82, 2.24) is 5.32 Å². The number of carboxylic acids is 1. The zero-order chi connectivity index (χ0) is 13.7. The molecular formula is C14H12N2O2S. The first-order valence-corrected chi connectivity index (χ1v) is 6.57. The maximum Gasteiger partial charge on any atom is 0.336 e. The molecule has 0 aliphatic carbocycles. The van der Waals surface area contributed by atoms with Crippen molar-refractivity contribution in [3.05, 3.63) is 57.3 Å². The van der Waals surface area contributed by atoms with Crippen molar-refractivity contribution >= 4 is 17.3 Å². The van der Waals surface area contributed by atoms with Crippen LogP contribution in [0.2, 0.25) is 0 Å². The van der Waals surface area contributed by atoms with Crippen molar-refractivity contribution in [2.75, 3.05) is 0 Å². The highest BCUT2D eigenvalue weighted by Gasteiger charge is 2.05. The summed E-state index contributed by atoms with van der Waals surface area (Å²) in [5.74, 6) is -0.894. The second kappa shape index (κ2) is 6.14. The number of carbonyl (C=O) groups is 1. The second-order valence-electron chi connectivity index (χ2n) is 4.02. The van der Waals surface area contributed by atoms with Crippen LogP contribution < -0.4 is 5.32 Å². The highest BCUT2D eigenvalue weighted by atomic mass is 32.1. The fourth-order valence-corrected chi connectivity index (χ4v) is 2.44. The number of rotatable bonds is 5. The molecule has 2 N–H and O–H groups in total. The summed E-state index contributed by atoms with van der Waals surface area (Å²) < 4.78 is 0. The quantitative estimate of drug-likeness (QED) is 0.877. The molecule has 0 unspecified atom stereocenters. The highest BCUT2D eigenvalue weighted by Crippen LogP contribution is 2.14. The Morgan fingerprint density at radius 1 is 1.32 bits per heavy atom. The van der Waals surface area contributed by atoms with Crippen LogP contribution in [-0.4, -0.2) is 11.1 Å². The van der Waals surface area contributed by atoms with Crippen LogP contribution in [0.1, 0.15) is 26.4 Å². The van der Waals surface area contributed by atoms with Gasteiger partial charge in [0.2, 0.25) is 0 Å². The molecule has 1 heterocycles. The molecule has 0 saturated carbocycles. The lowest BCUT2D eigenvalue weighted by Gasteiger charge is -2.03. The van der Waals surface area contributed by atoms with Crippen molar-refractivity contribution in [2.24, 2.45) is 0 Å². The van der Waals surface area contributed by atoms with Crippen molar-refractivity contribution in [3.63, 3.8) is 0 Å². The Morgan fingerprint density at radius 3 is 2.63 bits per heavy atom. The van der Waals surface area contributed by atoms with Crippen LogP contribution in [-0.2, 0) is 13.1 Å². The van der Waals surface area contributed by atoms with Gasteiger partial charge >= 0.3 is 5.97 Å². The Kier molecular flexibility index (Phi) is 4.29. The van der Waals surface area contributed by atoms with Crippen molar-refractivity contribution in [2.45, 2.75) is 13.1 Å². The van der Waals surface area contributed by atoms with Gasteiger partial charge in [-0.3, -0.25) is 0 Å². The maximum absolute atomic E-state index is 10.7. The van der Waals surface area contributed by atoms with E-state index in [-0.39, 0.29) is 0 Å². The number of aromatic carboxylic acids is 1. The molecular weight excluding hydrogens is 260 g/mol. The molecule has 0 saturated heterocycles. The van der Waals surface area contributed by atoms with Crippen LogP contribution in [0.3, 0.4) is 0 Å². The first kappa shape index (κ1) is 13.3. The minimum atomic E-state index is -0.894. The molecule has 19 heavy (non-hydrogen) atoms. The van der Waals surface area contributed by atoms with Gasteiger partial charge in [-0.05, 0) is 23.8 Å². The van der Waals surface area contributed by atoms with Crippen LogP contribution in [0.15, 0.2) is 35.7 Å². The third-order valence-corrected chi connectivity index (χ3v) is 3.55. The Morgan fingerprint density at radius 2 is 2.05 bits per heavy atom. The third-order valence-electron chi connectivity index (χ3n) is 2.61. The molecule has 2 rings (SSSR count). The predicted molar refractivity (Wildman–Crippen MR) is 73.0 cm³/mol. The molecule has 0 bridgehead atoms. The lowest BCUT2D eigenvalue weighted by atomic mass is 10.1. The predicted octanol–water partition coefficient (Wildman–Crippen LogP) is 2.61. The summed E-state index contributed by atoms with van der Waals surface area (Å²) in [6.07, 6.45) is 0. The number of carboxylic acid groups (broad SMARTS) is 1. The lowest BCUT2D eigenvalue weighted by Crippen LogP contribution is -2.11. The number of thiophene rings is 1. The summed E-state index contributed by atoms with van der Waals surface area (Å²) in [6.45, 7) is 1.32. The van der Waals surface area contributed by atoms with Crippen molar-refractivity contribution in [3.8, 4) is 6.07 Å². The van der Waals surface area contributed by atoms with E-state index in [9.17, 15) is 4.79 Å². The molecule has 0 radical (unpaired) electrons. The molecule has 0 fully saturated rings. The van der Waals surface area contributed by atoms with E-state index < -0.39 is 5.97 Å². The van der Waals surface area contributed by atoms with E-state index in [4.69, 9.17) is 10.4 Å². The molecule has 96 valence electrons. The van der Waals surface area contributed by atoms with Gasteiger partial charge in [-0.2, -0.15) is 5.26 Å². The normalized spacial score (nSPS) is 10.1. The Hall–Kier alpha value is -2.16.